The van der Waals surface area contributed by atoms with Crippen LogP contribution < -0.4 is 14.8 Å². The Morgan fingerprint density at radius 1 is 1.14 bits per heavy atom. The summed E-state index contributed by atoms with van der Waals surface area (Å²) in [4.78, 5) is 17.5. The van der Waals surface area contributed by atoms with E-state index in [0.717, 1.165) is 29.1 Å². The van der Waals surface area contributed by atoms with E-state index in [2.05, 4.69) is 37.4 Å². The Hall–Kier alpha value is -3.02. The second-order valence-corrected chi connectivity index (χ2v) is 11.1. The molecule has 6 heteroatoms. The molecule has 0 saturated heterocycles. The van der Waals surface area contributed by atoms with Crippen molar-refractivity contribution in [1.82, 2.24) is 9.38 Å². The summed E-state index contributed by atoms with van der Waals surface area (Å²) in [6.45, 7) is 8.66. The standard InChI is InChI=1S/C29H39N3O3/c1-20(19-29(2,3)4)17-26(33)35-23-15-14-21(18-24(23)34-5)27-28(30-22-11-7-6-8-12-22)32-16-10-9-13-25(32)31-27/h9-10,13-16,18,20,22,30H,6-8,11-12,17,19H2,1-5H3. The molecule has 4 rings (SSSR count). The maximum Gasteiger partial charge on any atom is 0.311 e. The lowest BCUT2D eigenvalue weighted by Crippen LogP contribution is -2.23. The SMILES string of the molecule is COc1cc(-c2nc3ccccn3c2NC2CCCCC2)ccc1OC(=O)CC(C)CC(C)(C)C. The van der Waals surface area contributed by atoms with Gasteiger partial charge in [-0.1, -0.05) is 53.0 Å². The number of carbonyl (C=O) groups excluding carboxylic acids is 1. The van der Waals surface area contributed by atoms with Crippen LogP contribution in [0, 0.1) is 11.3 Å². The average molecular weight is 478 g/mol. The molecule has 0 aliphatic heterocycles. The number of methoxy groups -OCH3 is 1. The Morgan fingerprint density at radius 3 is 2.63 bits per heavy atom. The van der Waals surface area contributed by atoms with Crippen LogP contribution >= 0.6 is 0 Å². The van der Waals surface area contributed by atoms with Crippen molar-refractivity contribution in [2.45, 2.75) is 78.7 Å². The number of aromatic nitrogens is 2. The number of hydrogen-bond acceptors (Lipinski definition) is 5. The van der Waals surface area contributed by atoms with Crippen LogP contribution in [0.25, 0.3) is 16.9 Å². The summed E-state index contributed by atoms with van der Waals surface area (Å²) in [6.07, 6.45) is 9.55. The molecule has 188 valence electrons. The number of hydrogen-bond donors (Lipinski definition) is 1. The van der Waals surface area contributed by atoms with Gasteiger partial charge in [-0.15, -0.1) is 0 Å². The van der Waals surface area contributed by atoms with Crippen molar-refractivity contribution in [2.75, 3.05) is 12.4 Å². The third kappa shape index (κ3) is 6.36. The normalized spacial score (nSPS) is 15.7. The molecule has 1 fully saturated rings. The molecule has 2 aromatic heterocycles. The summed E-state index contributed by atoms with van der Waals surface area (Å²) in [7, 11) is 1.60. The molecule has 1 unspecified atom stereocenters. The van der Waals surface area contributed by atoms with Crippen LogP contribution in [-0.4, -0.2) is 28.5 Å². The molecular weight excluding hydrogens is 438 g/mol. The molecule has 0 amide bonds. The Kier molecular flexibility index (Phi) is 7.68. The minimum atomic E-state index is -0.236. The average Bonchev–Trinajstić information content (AvgIpc) is 3.17. The van der Waals surface area contributed by atoms with E-state index < -0.39 is 0 Å². The van der Waals surface area contributed by atoms with Crippen molar-refractivity contribution in [3.05, 3.63) is 42.6 Å². The second-order valence-electron chi connectivity index (χ2n) is 11.1. The van der Waals surface area contributed by atoms with Gasteiger partial charge in [-0.05, 0) is 60.9 Å². The molecule has 1 atom stereocenters. The van der Waals surface area contributed by atoms with Crippen LogP contribution in [0.1, 0.15) is 72.6 Å². The van der Waals surface area contributed by atoms with E-state index in [1.54, 1.807) is 7.11 Å². The lowest BCUT2D eigenvalue weighted by molar-refractivity contribution is -0.135. The topological polar surface area (TPSA) is 64.9 Å². The molecule has 6 nitrogen and oxygen atoms in total. The number of esters is 1. The van der Waals surface area contributed by atoms with Crippen molar-refractivity contribution < 1.29 is 14.3 Å². The molecule has 0 radical (unpaired) electrons. The van der Waals surface area contributed by atoms with Crippen LogP contribution in [0.2, 0.25) is 0 Å². The predicted molar refractivity (Wildman–Crippen MR) is 141 cm³/mol. The number of nitrogens with one attached hydrogen (secondary N) is 1. The van der Waals surface area contributed by atoms with Crippen molar-refractivity contribution >= 4 is 17.4 Å². The molecule has 1 aliphatic rings. The van der Waals surface area contributed by atoms with Gasteiger partial charge in [-0.2, -0.15) is 0 Å². The molecule has 2 heterocycles. The van der Waals surface area contributed by atoms with E-state index in [0.29, 0.717) is 24.0 Å². The van der Waals surface area contributed by atoms with Gasteiger partial charge in [0, 0.05) is 24.2 Å². The highest BCUT2D eigenvalue weighted by Crippen LogP contribution is 2.37. The maximum absolute atomic E-state index is 12.6. The Labute approximate surface area is 209 Å². The summed E-state index contributed by atoms with van der Waals surface area (Å²) in [5, 5.41) is 3.77. The fourth-order valence-corrected chi connectivity index (χ4v) is 5.24. The number of anilines is 1. The van der Waals surface area contributed by atoms with E-state index in [4.69, 9.17) is 14.5 Å². The highest BCUT2D eigenvalue weighted by Gasteiger charge is 2.22. The number of rotatable bonds is 8. The van der Waals surface area contributed by atoms with Crippen molar-refractivity contribution in [1.29, 1.82) is 0 Å². The summed E-state index contributed by atoms with van der Waals surface area (Å²) >= 11 is 0. The summed E-state index contributed by atoms with van der Waals surface area (Å²) in [5.41, 5.74) is 2.86. The van der Waals surface area contributed by atoms with E-state index in [9.17, 15) is 4.79 Å². The van der Waals surface area contributed by atoms with Gasteiger partial charge in [0.25, 0.3) is 0 Å². The Bertz CT molecular complexity index is 1160. The van der Waals surface area contributed by atoms with Crippen molar-refractivity contribution in [3.63, 3.8) is 0 Å². The number of pyridine rings is 1. The minimum Gasteiger partial charge on any atom is -0.493 e. The van der Waals surface area contributed by atoms with E-state index in [-0.39, 0.29) is 17.3 Å². The van der Waals surface area contributed by atoms with Gasteiger partial charge in [0.2, 0.25) is 0 Å². The van der Waals surface area contributed by atoms with E-state index in [1.807, 2.05) is 42.6 Å². The quantitative estimate of drug-likeness (QED) is 0.276. The van der Waals surface area contributed by atoms with Crippen LogP contribution in [0.3, 0.4) is 0 Å². The number of imidazole rings is 1. The fraction of sp³-hybridized carbons (Fsp3) is 0.517. The lowest BCUT2D eigenvalue weighted by Gasteiger charge is -2.24. The van der Waals surface area contributed by atoms with Gasteiger partial charge >= 0.3 is 5.97 Å². The third-order valence-corrected chi connectivity index (χ3v) is 6.61. The first kappa shape index (κ1) is 25.1. The molecule has 35 heavy (non-hydrogen) atoms. The summed E-state index contributed by atoms with van der Waals surface area (Å²) < 4.78 is 13.5. The number of ether oxygens (including phenoxy) is 2. The van der Waals surface area contributed by atoms with Gasteiger partial charge in [0.05, 0.1) is 7.11 Å². The number of benzene rings is 1. The zero-order chi connectivity index (χ0) is 25.0. The Morgan fingerprint density at radius 2 is 1.91 bits per heavy atom. The van der Waals surface area contributed by atoms with Crippen molar-refractivity contribution in [2.24, 2.45) is 11.3 Å². The predicted octanol–water partition coefficient (Wildman–Crippen LogP) is 7.12. The third-order valence-electron chi connectivity index (χ3n) is 6.61. The van der Waals surface area contributed by atoms with Crippen molar-refractivity contribution in [3.8, 4) is 22.8 Å². The maximum atomic E-state index is 12.6. The highest BCUT2D eigenvalue weighted by atomic mass is 16.6. The van der Waals surface area contributed by atoms with Gasteiger partial charge in [-0.25, -0.2) is 4.98 Å². The highest BCUT2D eigenvalue weighted by molar-refractivity contribution is 5.79. The molecule has 3 aromatic rings. The molecular formula is C29H39N3O3. The zero-order valence-electron chi connectivity index (χ0n) is 21.8. The minimum absolute atomic E-state index is 0.177. The van der Waals surface area contributed by atoms with E-state index in [1.165, 1.54) is 32.1 Å². The monoisotopic (exact) mass is 477 g/mol. The molecule has 1 aromatic carbocycles. The first-order valence-corrected chi connectivity index (χ1v) is 12.9. The fourth-order valence-electron chi connectivity index (χ4n) is 5.24. The first-order valence-electron chi connectivity index (χ1n) is 12.9. The molecule has 1 saturated carbocycles. The molecule has 0 spiro atoms. The lowest BCUT2D eigenvalue weighted by atomic mass is 9.84. The number of carbonyl (C=O) groups is 1. The van der Waals surface area contributed by atoms with Crippen LogP contribution in [0.4, 0.5) is 5.82 Å². The second kappa shape index (κ2) is 10.7. The van der Waals surface area contributed by atoms with Gasteiger partial charge in [0.15, 0.2) is 11.5 Å². The number of nitrogens with zero attached hydrogens (tertiary/aromatic N) is 2. The zero-order valence-corrected chi connectivity index (χ0v) is 21.8. The van der Waals surface area contributed by atoms with E-state index >= 15 is 0 Å². The van der Waals surface area contributed by atoms with Crippen LogP contribution in [0.15, 0.2) is 42.6 Å². The number of fused-ring (bicyclic) bond motifs is 1. The first-order chi connectivity index (χ1) is 16.7. The molecule has 1 aliphatic carbocycles. The molecule has 1 N–H and O–H groups in total. The van der Waals surface area contributed by atoms with Gasteiger partial charge in [0.1, 0.15) is 17.2 Å². The summed E-state index contributed by atoms with van der Waals surface area (Å²) in [5.74, 6) is 1.98. The van der Waals surface area contributed by atoms with Gasteiger partial charge < -0.3 is 14.8 Å². The smallest absolute Gasteiger partial charge is 0.311 e. The Balaban J connectivity index is 1.58. The van der Waals surface area contributed by atoms with Gasteiger partial charge in [-0.3, -0.25) is 9.20 Å². The van der Waals surface area contributed by atoms with Crippen LogP contribution in [-0.2, 0) is 4.79 Å². The molecule has 0 bridgehead atoms. The largest absolute Gasteiger partial charge is 0.493 e. The summed E-state index contributed by atoms with van der Waals surface area (Å²) in [6, 6.07) is 12.2. The van der Waals surface area contributed by atoms with Crippen LogP contribution in [0.5, 0.6) is 11.5 Å².